The van der Waals surface area contributed by atoms with Crippen molar-refractivity contribution in [1.82, 2.24) is 4.98 Å². The number of nitrogens with one attached hydrogen (secondary N) is 1. The van der Waals surface area contributed by atoms with Gasteiger partial charge in [0.1, 0.15) is 5.82 Å². The second-order valence-corrected chi connectivity index (χ2v) is 4.41. The van der Waals surface area contributed by atoms with E-state index in [0.29, 0.717) is 6.61 Å². The van der Waals surface area contributed by atoms with Crippen LogP contribution in [0.2, 0.25) is 0 Å². The lowest BCUT2D eigenvalue weighted by Crippen LogP contribution is -2.04. The minimum atomic E-state index is 0.0748. The molecule has 0 amide bonds. The molecule has 1 aromatic carbocycles. The highest BCUT2D eigenvalue weighted by molar-refractivity contribution is 5.34. The monoisotopic (exact) mass is 256 g/mol. The summed E-state index contributed by atoms with van der Waals surface area (Å²) in [6, 6.07) is 16.2. The van der Waals surface area contributed by atoms with Crippen molar-refractivity contribution in [2.24, 2.45) is 0 Å². The predicted octanol–water partition coefficient (Wildman–Crippen LogP) is 3.79. The molecule has 0 aliphatic heterocycles. The smallest absolute Gasteiger partial charge is 0.126 e. The van der Waals surface area contributed by atoms with Crippen molar-refractivity contribution in [3.05, 3.63) is 59.8 Å². The van der Waals surface area contributed by atoms with Crippen molar-refractivity contribution < 1.29 is 4.74 Å². The zero-order valence-electron chi connectivity index (χ0n) is 11.5. The van der Waals surface area contributed by atoms with Gasteiger partial charge in [-0.25, -0.2) is 4.98 Å². The molecule has 1 N–H and O–H groups in total. The van der Waals surface area contributed by atoms with Crippen LogP contribution >= 0.6 is 0 Å². The Morgan fingerprint density at radius 2 is 1.89 bits per heavy atom. The second-order valence-electron chi connectivity index (χ2n) is 4.41. The SMILES string of the molecule is CCNc1cccc(COC(C)c2ccccc2)n1. The molecule has 1 atom stereocenters. The van der Waals surface area contributed by atoms with E-state index in [9.17, 15) is 0 Å². The third-order valence-corrected chi connectivity index (χ3v) is 2.91. The summed E-state index contributed by atoms with van der Waals surface area (Å²) in [5.74, 6) is 0.899. The standard InChI is InChI=1S/C16H20N2O/c1-3-17-16-11-7-10-15(18-16)12-19-13(2)14-8-5-4-6-9-14/h4-11,13H,3,12H2,1-2H3,(H,17,18). The molecule has 0 saturated heterocycles. The lowest BCUT2D eigenvalue weighted by molar-refractivity contribution is 0.0506. The van der Waals surface area contributed by atoms with Crippen LogP contribution in [0, 0.1) is 0 Å². The number of ether oxygens (including phenoxy) is 1. The van der Waals surface area contributed by atoms with Crippen molar-refractivity contribution in [3.63, 3.8) is 0 Å². The molecule has 3 nitrogen and oxygen atoms in total. The van der Waals surface area contributed by atoms with Crippen LogP contribution < -0.4 is 5.32 Å². The van der Waals surface area contributed by atoms with E-state index in [1.165, 1.54) is 5.56 Å². The van der Waals surface area contributed by atoms with Crippen LogP contribution in [-0.4, -0.2) is 11.5 Å². The predicted molar refractivity (Wildman–Crippen MR) is 78.0 cm³/mol. The summed E-state index contributed by atoms with van der Waals surface area (Å²) >= 11 is 0. The van der Waals surface area contributed by atoms with Crippen molar-refractivity contribution in [3.8, 4) is 0 Å². The zero-order valence-corrected chi connectivity index (χ0v) is 11.5. The number of hydrogen-bond acceptors (Lipinski definition) is 3. The van der Waals surface area contributed by atoms with Gasteiger partial charge in [-0.2, -0.15) is 0 Å². The molecule has 3 heteroatoms. The Morgan fingerprint density at radius 1 is 1.11 bits per heavy atom. The first-order valence-corrected chi connectivity index (χ1v) is 6.66. The lowest BCUT2D eigenvalue weighted by atomic mass is 10.1. The van der Waals surface area contributed by atoms with E-state index in [4.69, 9.17) is 4.74 Å². The molecule has 100 valence electrons. The molecule has 0 aliphatic carbocycles. The van der Waals surface area contributed by atoms with Gasteiger partial charge in [-0.3, -0.25) is 0 Å². The Kier molecular flexibility index (Phi) is 4.93. The molecule has 0 bridgehead atoms. The van der Waals surface area contributed by atoms with Gasteiger partial charge in [-0.05, 0) is 31.5 Å². The first kappa shape index (κ1) is 13.6. The third-order valence-electron chi connectivity index (χ3n) is 2.91. The normalized spacial score (nSPS) is 12.1. The van der Waals surface area contributed by atoms with Gasteiger partial charge in [0, 0.05) is 6.54 Å². The average molecular weight is 256 g/mol. The Balaban J connectivity index is 1.93. The van der Waals surface area contributed by atoms with Crippen LogP contribution in [0.15, 0.2) is 48.5 Å². The molecule has 2 rings (SSSR count). The molecular formula is C16H20N2O. The molecule has 19 heavy (non-hydrogen) atoms. The molecule has 0 aliphatic rings. The summed E-state index contributed by atoms with van der Waals surface area (Å²) in [6.07, 6.45) is 0.0748. The fourth-order valence-electron chi connectivity index (χ4n) is 1.87. The quantitative estimate of drug-likeness (QED) is 0.853. The maximum absolute atomic E-state index is 5.86. The van der Waals surface area contributed by atoms with Gasteiger partial charge >= 0.3 is 0 Å². The van der Waals surface area contributed by atoms with Gasteiger partial charge in [0.25, 0.3) is 0 Å². The van der Waals surface area contributed by atoms with E-state index in [-0.39, 0.29) is 6.10 Å². The van der Waals surface area contributed by atoms with Gasteiger partial charge in [-0.1, -0.05) is 36.4 Å². The fraction of sp³-hybridized carbons (Fsp3) is 0.312. The van der Waals surface area contributed by atoms with E-state index in [0.717, 1.165) is 18.1 Å². The van der Waals surface area contributed by atoms with Crippen molar-refractivity contribution >= 4 is 5.82 Å². The summed E-state index contributed by atoms with van der Waals surface area (Å²) < 4.78 is 5.86. The van der Waals surface area contributed by atoms with Crippen molar-refractivity contribution in [2.45, 2.75) is 26.6 Å². The van der Waals surface area contributed by atoms with Crippen LogP contribution in [0.3, 0.4) is 0 Å². The highest BCUT2D eigenvalue weighted by Crippen LogP contribution is 2.17. The van der Waals surface area contributed by atoms with Gasteiger partial charge in [0.15, 0.2) is 0 Å². The second kappa shape index (κ2) is 6.90. The van der Waals surface area contributed by atoms with E-state index in [2.05, 4.69) is 36.3 Å². The van der Waals surface area contributed by atoms with Crippen LogP contribution in [0.5, 0.6) is 0 Å². The number of anilines is 1. The number of aromatic nitrogens is 1. The number of nitrogens with zero attached hydrogens (tertiary/aromatic N) is 1. The summed E-state index contributed by atoms with van der Waals surface area (Å²) in [5.41, 5.74) is 2.13. The highest BCUT2D eigenvalue weighted by atomic mass is 16.5. The van der Waals surface area contributed by atoms with Crippen molar-refractivity contribution in [2.75, 3.05) is 11.9 Å². The summed E-state index contributed by atoms with van der Waals surface area (Å²) in [6.45, 7) is 5.51. The van der Waals surface area contributed by atoms with Crippen LogP contribution in [0.4, 0.5) is 5.82 Å². The third kappa shape index (κ3) is 4.07. The molecule has 1 unspecified atom stereocenters. The van der Waals surface area contributed by atoms with Gasteiger partial charge in [0.2, 0.25) is 0 Å². The maximum Gasteiger partial charge on any atom is 0.126 e. The molecule has 1 heterocycles. The van der Waals surface area contributed by atoms with E-state index < -0.39 is 0 Å². The minimum Gasteiger partial charge on any atom is -0.370 e. The maximum atomic E-state index is 5.86. The Hall–Kier alpha value is -1.87. The van der Waals surface area contributed by atoms with Crippen LogP contribution in [-0.2, 0) is 11.3 Å². The summed E-state index contributed by atoms with van der Waals surface area (Å²) in [5, 5.41) is 3.20. The molecule has 0 radical (unpaired) electrons. The molecular weight excluding hydrogens is 236 g/mol. The number of rotatable bonds is 6. The van der Waals surface area contributed by atoms with Gasteiger partial charge < -0.3 is 10.1 Å². The average Bonchev–Trinajstić information content (AvgIpc) is 2.46. The molecule has 0 spiro atoms. The minimum absolute atomic E-state index is 0.0748. The van der Waals surface area contributed by atoms with Crippen molar-refractivity contribution in [1.29, 1.82) is 0 Å². The summed E-state index contributed by atoms with van der Waals surface area (Å²) in [7, 11) is 0. The Bertz CT molecular complexity index is 499. The Labute approximate surface area is 114 Å². The molecule has 0 fully saturated rings. The van der Waals surface area contributed by atoms with Gasteiger partial charge in [-0.15, -0.1) is 0 Å². The first-order valence-electron chi connectivity index (χ1n) is 6.66. The highest BCUT2D eigenvalue weighted by Gasteiger charge is 2.06. The zero-order chi connectivity index (χ0) is 13.5. The lowest BCUT2D eigenvalue weighted by Gasteiger charge is -2.13. The topological polar surface area (TPSA) is 34.1 Å². The fourth-order valence-corrected chi connectivity index (χ4v) is 1.87. The first-order chi connectivity index (χ1) is 9.29. The van der Waals surface area contributed by atoms with E-state index in [1.54, 1.807) is 0 Å². The van der Waals surface area contributed by atoms with Crippen LogP contribution in [0.25, 0.3) is 0 Å². The number of pyridine rings is 1. The number of benzene rings is 1. The Morgan fingerprint density at radius 3 is 2.63 bits per heavy atom. The van der Waals surface area contributed by atoms with E-state index >= 15 is 0 Å². The molecule has 1 aromatic heterocycles. The number of hydrogen-bond donors (Lipinski definition) is 1. The largest absolute Gasteiger partial charge is 0.370 e. The van der Waals surface area contributed by atoms with Crippen LogP contribution in [0.1, 0.15) is 31.2 Å². The molecule has 0 saturated carbocycles. The van der Waals surface area contributed by atoms with E-state index in [1.807, 2.05) is 36.4 Å². The summed E-state index contributed by atoms with van der Waals surface area (Å²) in [4.78, 5) is 4.49. The van der Waals surface area contributed by atoms with Gasteiger partial charge in [0.05, 0.1) is 18.4 Å². The molecule has 2 aromatic rings.